The monoisotopic (exact) mass is 278 g/mol. The molecule has 0 unspecified atom stereocenters. The molecular formula is C12H18N6S. The molecule has 6 nitrogen and oxygen atoms in total. The molecular weight excluding hydrogens is 260 g/mol. The van der Waals surface area contributed by atoms with Crippen LogP contribution in [-0.2, 0) is 0 Å². The quantitative estimate of drug-likeness (QED) is 0.817. The van der Waals surface area contributed by atoms with Gasteiger partial charge in [0.25, 0.3) is 0 Å². The van der Waals surface area contributed by atoms with Crippen LogP contribution in [0, 0.1) is 5.92 Å². The molecule has 0 aliphatic heterocycles. The normalized spacial score (nSPS) is 10.9. The number of anilines is 1. The highest BCUT2D eigenvalue weighted by Gasteiger charge is 2.08. The second-order valence-electron chi connectivity index (χ2n) is 4.45. The fraction of sp³-hybridized carbons (Fsp3) is 0.500. The van der Waals surface area contributed by atoms with Gasteiger partial charge in [0.2, 0.25) is 11.9 Å². The molecule has 102 valence electrons. The third-order valence-electron chi connectivity index (χ3n) is 2.22. The second-order valence-corrected chi connectivity index (χ2v) is 5.43. The van der Waals surface area contributed by atoms with E-state index in [9.17, 15) is 0 Å². The van der Waals surface area contributed by atoms with E-state index in [4.69, 9.17) is 0 Å². The summed E-state index contributed by atoms with van der Waals surface area (Å²) in [6.07, 6.45) is 5.21. The van der Waals surface area contributed by atoms with Crippen LogP contribution in [0.3, 0.4) is 0 Å². The van der Waals surface area contributed by atoms with Crippen LogP contribution >= 0.6 is 11.8 Å². The zero-order valence-electron chi connectivity index (χ0n) is 11.4. The third kappa shape index (κ3) is 3.92. The number of rotatable bonds is 6. The van der Waals surface area contributed by atoms with Crippen molar-refractivity contribution in [1.29, 1.82) is 0 Å². The molecule has 0 saturated carbocycles. The fourth-order valence-electron chi connectivity index (χ4n) is 1.38. The maximum Gasteiger partial charge on any atom is 0.240 e. The minimum absolute atomic E-state index is 0.592. The van der Waals surface area contributed by atoms with Crippen molar-refractivity contribution in [3.05, 3.63) is 18.7 Å². The average Bonchev–Trinajstić information content (AvgIpc) is 2.90. The first-order chi connectivity index (χ1) is 9.19. The molecule has 0 saturated heterocycles. The average molecular weight is 278 g/mol. The summed E-state index contributed by atoms with van der Waals surface area (Å²) in [5, 5.41) is 3.87. The van der Waals surface area contributed by atoms with Gasteiger partial charge in [-0.3, -0.25) is 4.57 Å². The first-order valence-electron chi connectivity index (χ1n) is 6.30. The summed E-state index contributed by atoms with van der Waals surface area (Å²) >= 11 is 1.64. The molecule has 2 heterocycles. The van der Waals surface area contributed by atoms with Crippen LogP contribution in [0.25, 0.3) is 5.95 Å². The van der Waals surface area contributed by atoms with E-state index in [0.717, 1.165) is 17.5 Å². The van der Waals surface area contributed by atoms with Crippen molar-refractivity contribution in [2.24, 2.45) is 5.92 Å². The van der Waals surface area contributed by atoms with Crippen molar-refractivity contribution in [1.82, 2.24) is 24.5 Å². The number of hydrogen-bond acceptors (Lipinski definition) is 6. The molecule has 2 aromatic rings. The van der Waals surface area contributed by atoms with Crippen LogP contribution in [0.2, 0.25) is 0 Å². The van der Waals surface area contributed by atoms with Crippen molar-refractivity contribution in [3.63, 3.8) is 0 Å². The van der Waals surface area contributed by atoms with Gasteiger partial charge in [0, 0.05) is 24.7 Å². The van der Waals surface area contributed by atoms with Crippen LogP contribution in [0.5, 0.6) is 0 Å². The predicted octanol–water partition coefficient (Wildman–Crippen LogP) is 2.24. The lowest BCUT2D eigenvalue weighted by Gasteiger charge is -2.08. The van der Waals surface area contributed by atoms with Crippen molar-refractivity contribution in [2.45, 2.75) is 25.9 Å². The first kappa shape index (κ1) is 13.8. The topological polar surface area (TPSA) is 68.5 Å². The molecule has 2 rings (SSSR count). The molecule has 0 atom stereocenters. The summed E-state index contributed by atoms with van der Waals surface area (Å²) in [5.74, 6) is 2.78. The Kier molecular flexibility index (Phi) is 4.73. The Morgan fingerprint density at radius 3 is 2.79 bits per heavy atom. The van der Waals surface area contributed by atoms with E-state index >= 15 is 0 Å². The van der Waals surface area contributed by atoms with E-state index in [1.165, 1.54) is 0 Å². The van der Waals surface area contributed by atoms with Gasteiger partial charge in [-0.15, -0.1) is 0 Å². The lowest BCUT2D eigenvalue weighted by atomic mass is 10.3. The van der Waals surface area contributed by atoms with Gasteiger partial charge in [-0.25, -0.2) is 4.98 Å². The highest BCUT2D eigenvalue weighted by Crippen LogP contribution is 2.18. The maximum atomic E-state index is 4.45. The van der Waals surface area contributed by atoms with Crippen LogP contribution in [-0.4, -0.2) is 36.8 Å². The number of hydrogen-bond donors (Lipinski definition) is 1. The highest BCUT2D eigenvalue weighted by molar-refractivity contribution is 7.99. The van der Waals surface area contributed by atoms with Crippen molar-refractivity contribution in [2.75, 3.05) is 17.6 Å². The van der Waals surface area contributed by atoms with Crippen molar-refractivity contribution < 1.29 is 0 Å². The molecule has 0 aromatic carbocycles. The van der Waals surface area contributed by atoms with E-state index in [2.05, 4.69) is 39.1 Å². The van der Waals surface area contributed by atoms with Crippen molar-refractivity contribution in [3.8, 4) is 5.95 Å². The Balaban J connectivity index is 2.27. The van der Waals surface area contributed by atoms with Gasteiger partial charge < -0.3 is 5.32 Å². The summed E-state index contributed by atoms with van der Waals surface area (Å²) in [6, 6.07) is 0. The van der Waals surface area contributed by atoms with Gasteiger partial charge in [0.1, 0.15) is 6.33 Å². The number of thioether (sulfide) groups is 1. The molecule has 0 bridgehead atoms. The number of imidazole rings is 1. The second kappa shape index (κ2) is 6.51. The SMILES string of the molecule is CCNc1nc(SCC(C)C)nc(-n2ccnc2)n1. The molecule has 1 N–H and O–H groups in total. The number of nitrogens with one attached hydrogen (secondary N) is 1. The third-order valence-corrected chi connectivity index (χ3v) is 3.49. The van der Waals surface area contributed by atoms with Gasteiger partial charge in [-0.1, -0.05) is 25.6 Å². The summed E-state index contributed by atoms with van der Waals surface area (Å²) in [6.45, 7) is 7.15. The Bertz CT molecular complexity index is 511. The molecule has 0 amide bonds. The van der Waals surface area contributed by atoms with Crippen LogP contribution in [0.1, 0.15) is 20.8 Å². The molecule has 19 heavy (non-hydrogen) atoms. The smallest absolute Gasteiger partial charge is 0.240 e. The summed E-state index contributed by atoms with van der Waals surface area (Å²) in [7, 11) is 0. The number of aromatic nitrogens is 5. The first-order valence-corrected chi connectivity index (χ1v) is 7.28. The largest absolute Gasteiger partial charge is 0.354 e. The lowest BCUT2D eigenvalue weighted by molar-refractivity contribution is 0.745. The Morgan fingerprint density at radius 1 is 1.32 bits per heavy atom. The minimum atomic E-state index is 0.592. The highest BCUT2D eigenvalue weighted by atomic mass is 32.2. The molecule has 0 fully saturated rings. The standard InChI is InChI=1S/C12H18N6S/c1-4-14-10-15-11(18-6-5-13-8-18)17-12(16-10)19-7-9(2)3/h5-6,8-9H,4,7H2,1-3H3,(H,14,15,16,17). The Labute approximate surface area is 117 Å². The van der Waals surface area contributed by atoms with Crippen LogP contribution < -0.4 is 5.32 Å². The van der Waals surface area contributed by atoms with Gasteiger partial charge in [0.05, 0.1) is 0 Å². The zero-order valence-corrected chi connectivity index (χ0v) is 12.2. The molecule has 2 aromatic heterocycles. The number of nitrogens with zero attached hydrogens (tertiary/aromatic N) is 5. The van der Waals surface area contributed by atoms with Crippen molar-refractivity contribution >= 4 is 17.7 Å². The summed E-state index contributed by atoms with van der Waals surface area (Å²) in [5.41, 5.74) is 0. The zero-order chi connectivity index (χ0) is 13.7. The Hall–Kier alpha value is -1.63. The van der Waals surface area contributed by atoms with E-state index in [1.54, 1.807) is 28.9 Å². The van der Waals surface area contributed by atoms with Gasteiger partial charge >= 0.3 is 0 Å². The maximum absolute atomic E-state index is 4.45. The predicted molar refractivity (Wildman–Crippen MR) is 76.7 cm³/mol. The molecule has 0 radical (unpaired) electrons. The summed E-state index contributed by atoms with van der Waals surface area (Å²) in [4.78, 5) is 17.2. The van der Waals surface area contributed by atoms with Crippen LogP contribution in [0.15, 0.2) is 23.9 Å². The van der Waals surface area contributed by atoms with E-state index in [1.807, 2.05) is 13.1 Å². The molecule has 0 aliphatic carbocycles. The molecule has 7 heteroatoms. The minimum Gasteiger partial charge on any atom is -0.354 e. The van der Waals surface area contributed by atoms with E-state index in [-0.39, 0.29) is 0 Å². The van der Waals surface area contributed by atoms with Gasteiger partial charge in [0.15, 0.2) is 5.16 Å². The Morgan fingerprint density at radius 2 is 2.16 bits per heavy atom. The fourth-order valence-corrected chi connectivity index (χ4v) is 2.16. The van der Waals surface area contributed by atoms with Crippen LogP contribution in [0.4, 0.5) is 5.95 Å². The van der Waals surface area contributed by atoms with E-state index in [0.29, 0.717) is 17.8 Å². The van der Waals surface area contributed by atoms with Gasteiger partial charge in [-0.2, -0.15) is 15.0 Å². The van der Waals surface area contributed by atoms with E-state index < -0.39 is 0 Å². The van der Waals surface area contributed by atoms with Gasteiger partial charge in [-0.05, 0) is 12.8 Å². The lowest BCUT2D eigenvalue weighted by Crippen LogP contribution is -2.09. The molecule has 0 aliphatic rings. The summed E-state index contributed by atoms with van der Waals surface area (Å²) < 4.78 is 1.78. The molecule has 0 spiro atoms.